The number of phenols is 1. The zero-order chi connectivity index (χ0) is 17.2. The number of aromatic hydroxyl groups is 1. The first kappa shape index (κ1) is 15.7. The molecule has 0 fully saturated rings. The summed E-state index contributed by atoms with van der Waals surface area (Å²) >= 11 is 1.61. The summed E-state index contributed by atoms with van der Waals surface area (Å²) in [5.74, 6) is 0.218. The molecule has 124 valence electrons. The van der Waals surface area contributed by atoms with E-state index in [1.54, 1.807) is 40.7 Å². The Morgan fingerprint density at radius 2 is 1.72 bits per heavy atom. The van der Waals surface area contributed by atoms with Gasteiger partial charge >= 0.3 is 0 Å². The molecule has 0 spiro atoms. The summed E-state index contributed by atoms with van der Waals surface area (Å²) < 4.78 is 1.69. The molecule has 0 aliphatic heterocycles. The first-order chi connectivity index (χ1) is 12.2. The Morgan fingerprint density at radius 1 is 0.960 bits per heavy atom. The van der Waals surface area contributed by atoms with E-state index in [1.807, 2.05) is 0 Å². The molecule has 5 nitrogen and oxygen atoms in total. The van der Waals surface area contributed by atoms with Gasteiger partial charge in [0.1, 0.15) is 5.75 Å². The summed E-state index contributed by atoms with van der Waals surface area (Å²) in [5, 5.41) is 24.9. The van der Waals surface area contributed by atoms with Crippen molar-refractivity contribution >= 4 is 22.5 Å². The highest BCUT2D eigenvalue weighted by atomic mass is 32.2. The van der Waals surface area contributed by atoms with E-state index in [9.17, 15) is 5.11 Å². The second kappa shape index (κ2) is 6.57. The van der Waals surface area contributed by atoms with Gasteiger partial charge in [-0.2, -0.15) is 4.68 Å². The van der Waals surface area contributed by atoms with Crippen LogP contribution in [0.3, 0.4) is 0 Å². The number of fused-ring (bicyclic) bond motifs is 1. The van der Waals surface area contributed by atoms with Crippen LogP contribution in [0.15, 0.2) is 71.9 Å². The van der Waals surface area contributed by atoms with Crippen molar-refractivity contribution in [1.29, 1.82) is 0 Å². The highest BCUT2D eigenvalue weighted by Crippen LogP contribution is 2.37. The number of hydrogen-bond donors (Lipinski definition) is 1. The van der Waals surface area contributed by atoms with Gasteiger partial charge in [0, 0.05) is 5.25 Å². The maximum absolute atomic E-state index is 9.45. The van der Waals surface area contributed by atoms with Gasteiger partial charge in [-0.05, 0) is 58.0 Å². The van der Waals surface area contributed by atoms with Crippen LogP contribution in [0.25, 0.3) is 16.5 Å². The fourth-order valence-corrected chi connectivity index (χ4v) is 3.81. The minimum absolute atomic E-state index is 0.188. The lowest BCUT2D eigenvalue weighted by Crippen LogP contribution is -2.00. The van der Waals surface area contributed by atoms with Crippen LogP contribution >= 0.6 is 11.8 Å². The number of phenolic OH excluding ortho intramolecular Hbond substituents is 1. The van der Waals surface area contributed by atoms with Gasteiger partial charge in [0.2, 0.25) is 5.16 Å². The van der Waals surface area contributed by atoms with E-state index < -0.39 is 0 Å². The Kier molecular flexibility index (Phi) is 4.11. The van der Waals surface area contributed by atoms with Gasteiger partial charge in [0.05, 0.1) is 5.69 Å². The fourth-order valence-electron chi connectivity index (χ4n) is 2.83. The average molecular weight is 348 g/mol. The van der Waals surface area contributed by atoms with Gasteiger partial charge < -0.3 is 5.11 Å². The monoisotopic (exact) mass is 348 g/mol. The third kappa shape index (κ3) is 3.08. The molecule has 0 saturated carbocycles. The highest BCUT2D eigenvalue weighted by Gasteiger charge is 2.16. The Balaban J connectivity index is 1.67. The zero-order valence-electron chi connectivity index (χ0n) is 13.6. The van der Waals surface area contributed by atoms with Crippen LogP contribution in [0.4, 0.5) is 0 Å². The fraction of sp³-hybridized carbons (Fsp3) is 0.105. The van der Waals surface area contributed by atoms with Crippen LogP contribution in [0.2, 0.25) is 0 Å². The van der Waals surface area contributed by atoms with Gasteiger partial charge in [-0.3, -0.25) is 0 Å². The molecule has 6 heteroatoms. The van der Waals surface area contributed by atoms with Crippen LogP contribution < -0.4 is 0 Å². The SMILES string of the molecule is C[C@@H](Sc1nnnn1-c1ccc(O)cc1)c1cccc2ccccc12. The number of rotatable bonds is 4. The minimum Gasteiger partial charge on any atom is -0.508 e. The van der Waals surface area contributed by atoms with E-state index in [1.165, 1.54) is 16.3 Å². The van der Waals surface area contributed by atoms with Crippen LogP contribution in [0.1, 0.15) is 17.7 Å². The Hall–Kier alpha value is -2.86. The molecule has 1 aromatic heterocycles. The van der Waals surface area contributed by atoms with Gasteiger partial charge in [0.15, 0.2) is 0 Å². The molecule has 0 aliphatic carbocycles. The topological polar surface area (TPSA) is 63.8 Å². The number of thioether (sulfide) groups is 1. The smallest absolute Gasteiger partial charge is 0.214 e. The molecule has 1 heterocycles. The predicted molar refractivity (Wildman–Crippen MR) is 99.0 cm³/mol. The van der Waals surface area contributed by atoms with E-state index >= 15 is 0 Å². The van der Waals surface area contributed by atoms with Crippen molar-refractivity contribution in [1.82, 2.24) is 20.2 Å². The number of hydrogen-bond acceptors (Lipinski definition) is 5. The lowest BCUT2D eigenvalue weighted by molar-refractivity contribution is 0.475. The van der Waals surface area contributed by atoms with Gasteiger partial charge in [-0.25, -0.2) is 0 Å². The Labute approximate surface area is 149 Å². The molecule has 4 rings (SSSR count). The van der Waals surface area contributed by atoms with Crippen molar-refractivity contribution in [3.8, 4) is 11.4 Å². The maximum atomic E-state index is 9.45. The van der Waals surface area contributed by atoms with E-state index in [2.05, 4.69) is 64.9 Å². The summed E-state index contributed by atoms with van der Waals surface area (Å²) in [4.78, 5) is 0. The van der Waals surface area contributed by atoms with Crippen molar-refractivity contribution in [2.75, 3.05) is 0 Å². The third-order valence-corrected chi connectivity index (χ3v) is 5.15. The molecule has 3 aromatic carbocycles. The first-order valence-corrected chi connectivity index (χ1v) is 8.82. The van der Waals surface area contributed by atoms with Gasteiger partial charge in [-0.15, -0.1) is 5.10 Å². The molecule has 4 aromatic rings. The normalized spacial score (nSPS) is 12.4. The van der Waals surface area contributed by atoms with E-state index in [4.69, 9.17) is 0 Å². The number of benzene rings is 3. The van der Waals surface area contributed by atoms with Crippen LogP contribution in [0, 0.1) is 0 Å². The number of tetrazole rings is 1. The van der Waals surface area contributed by atoms with Gasteiger partial charge in [0.25, 0.3) is 0 Å². The van der Waals surface area contributed by atoms with E-state index in [0.29, 0.717) is 5.16 Å². The molecular formula is C19H16N4OS. The minimum atomic E-state index is 0.188. The van der Waals surface area contributed by atoms with Crippen molar-refractivity contribution < 1.29 is 5.11 Å². The molecule has 25 heavy (non-hydrogen) atoms. The highest BCUT2D eigenvalue weighted by molar-refractivity contribution is 7.99. The molecule has 1 atom stereocenters. The Morgan fingerprint density at radius 3 is 2.56 bits per heavy atom. The van der Waals surface area contributed by atoms with Crippen molar-refractivity contribution in [3.63, 3.8) is 0 Å². The van der Waals surface area contributed by atoms with Gasteiger partial charge in [-0.1, -0.05) is 54.2 Å². The molecule has 0 saturated heterocycles. The summed E-state index contributed by atoms with van der Waals surface area (Å²) in [7, 11) is 0. The number of nitrogens with zero attached hydrogens (tertiary/aromatic N) is 4. The van der Waals surface area contributed by atoms with Crippen LogP contribution in [-0.4, -0.2) is 25.3 Å². The summed E-state index contributed by atoms with van der Waals surface area (Å²) in [5.41, 5.74) is 2.07. The number of aromatic nitrogens is 4. The first-order valence-electron chi connectivity index (χ1n) is 7.94. The molecule has 0 bridgehead atoms. The molecule has 1 N–H and O–H groups in total. The zero-order valence-corrected chi connectivity index (χ0v) is 14.4. The summed E-state index contributed by atoms with van der Waals surface area (Å²) in [6, 6.07) is 21.6. The maximum Gasteiger partial charge on any atom is 0.214 e. The van der Waals surface area contributed by atoms with Crippen LogP contribution in [-0.2, 0) is 0 Å². The molecular weight excluding hydrogens is 332 g/mol. The second-order valence-corrected chi connectivity index (χ2v) is 7.03. The largest absolute Gasteiger partial charge is 0.508 e. The second-order valence-electron chi connectivity index (χ2n) is 5.72. The Bertz CT molecular complexity index is 1010. The quantitative estimate of drug-likeness (QED) is 0.555. The third-order valence-electron chi connectivity index (χ3n) is 4.08. The predicted octanol–water partition coefficient (Wildman–Crippen LogP) is 4.37. The van der Waals surface area contributed by atoms with E-state index in [0.717, 1.165) is 5.69 Å². The van der Waals surface area contributed by atoms with Crippen LogP contribution in [0.5, 0.6) is 5.75 Å². The summed E-state index contributed by atoms with van der Waals surface area (Å²) in [6.07, 6.45) is 0. The van der Waals surface area contributed by atoms with E-state index in [-0.39, 0.29) is 11.0 Å². The van der Waals surface area contributed by atoms with Crippen molar-refractivity contribution in [2.45, 2.75) is 17.3 Å². The lowest BCUT2D eigenvalue weighted by Gasteiger charge is -2.14. The molecule has 0 unspecified atom stereocenters. The molecule has 0 radical (unpaired) electrons. The van der Waals surface area contributed by atoms with Crippen molar-refractivity contribution in [3.05, 3.63) is 72.3 Å². The molecule has 0 amide bonds. The summed E-state index contributed by atoms with van der Waals surface area (Å²) in [6.45, 7) is 2.16. The lowest BCUT2D eigenvalue weighted by atomic mass is 10.0. The standard InChI is InChI=1S/C19H16N4OS/c1-13(17-8-4-6-14-5-2-3-7-18(14)17)25-19-20-21-22-23(19)15-9-11-16(24)12-10-15/h2-13,24H,1H3/t13-/m1/s1. The van der Waals surface area contributed by atoms with Crippen molar-refractivity contribution in [2.24, 2.45) is 0 Å². The average Bonchev–Trinajstić information content (AvgIpc) is 3.10. The molecule has 0 aliphatic rings.